The molecule has 0 aliphatic carbocycles. The molecule has 0 atom stereocenters. The van der Waals surface area contributed by atoms with Crippen molar-refractivity contribution in [1.29, 1.82) is 0 Å². The number of nitrogens with zero attached hydrogens (tertiary/aromatic N) is 2. The van der Waals surface area contributed by atoms with Crippen LogP contribution in [0.4, 0.5) is 11.5 Å². The SMILES string of the molecule is COc1nc(NCC(C)(C)CN(C)C)ccc1N. The molecule has 1 aromatic rings. The van der Waals surface area contributed by atoms with E-state index in [-0.39, 0.29) is 5.41 Å². The number of methoxy groups -OCH3 is 1. The minimum Gasteiger partial charge on any atom is -0.479 e. The van der Waals surface area contributed by atoms with Crippen molar-refractivity contribution in [1.82, 2.24) is 9.88 Å². The Balaban J connectivity index is 2.63. The summed E-state index contributed by atoms with van der Waals surface area (Å²) in [6.45, 7) is 6.28. The summed E-state index contributed by atoms with van der Waals surface area (Å²) in [5.41, 5.74) is 6.44. The summed E-state index contributed by atoms with van der Waals surface area (Å²) < 4.78 is 5.10. The molecule has 0 saturated heterocycles. The maximum Gasteiger partial charge on any atom is 0.238 e. The molecule has 5 nitrogen and oxygen atoms in total. The summed E-state index contributed by atoms with van der Waals surface area (Å²) in [7, 11) is 5.72. The monoisotopic (exact) mass is 252 g/mol. The second-order valence-corrected chi connectivity index (χ2v) is 5.55. The van der Waals surface area contributed by atoms with Crippen molar-refractivity contribution in [3.63, 3.8) is 0 Å². The molecule has 0 bridgehead atoms. The first-order chi connectivity index (χ1) is 8.34. The normalized spacial score (nSPS) is 11.7. The Bertz CT molecular complexity index is 391. The van der Waals surface area contributed by atoms with E-state index in [1.54, 1.807) is 13.2 Å². The predicted molar refractivity (Wildman–Crippen MR) is 76.0 cm³/mol. The van der Waals surface area contributed by atoms with Crippen molar-refractivity contribution in [3.05, 3.63) is 12.1 Å². The zero-order valence-corrected chi connectivity index (χ0v) is 11.9. The number of ether oxygens (including phenoxy) is 1. The lowest BCUT2D eigenvalue weighted by molar-refractivity contribution is 0.254. The average Bonchev–Trinajstić information content (AvgIpc) is 2.26. The van der Waals surface area contributed by atoms with Gasteiger partial charge in [-0.2, -0.15) is 4.98 Å². The van der Waals surface area contributed by atoms with Crippen LogP contribution in [0.3, 0.4) is 0 Å². The molecule has 1 heterocycles. The second kappa shape index (κ2) is 5.91. The van der Waals surface area contributed by atoms with E-state index in [2.05, 4.69) is 43.1 Å². The first-order valence-corrected chi connectivity index (χ1v) is 6.03. The van der Waals surface area contributed by atoms with E-state index in [1.807, 2.05) is 6.07 Å². The zero-order chi connectivity index (χ0) is 13.8. The number of pyridine rings is 1. The quantitative estimate of drug-likeness (QED) is 0.806. The van der Waals surface area contributed by atoms with Gasteiger partial charge >= 0.3 is 0 Å². The lowest BCUT2D eigenvalue weighted by atomic mass is 9.93. The van der Waals surface area contributed by atoms with Gasteiger partial charge in [0.1, 0.15) is 5.82 Å². The minimum atomic E-state index is 0.166. The van der Waals surface area contributed by atoms with Crippen molar-refractivity contribution in [2.24, 2.45) is 5.41 Å². The van der Waals surface area contributed by atoms with E-state index in [1.165, 1.54) is 0 Å². The third kappa shape index (κ3) is 4.41. The molecule has 0 fully saturated rings. The van der Waals surface area contributed by atoms with Crippen molar-refractivity contribution >= 4 is 11.5 Å². The summed E-state index contributed by atoms with van der Waals surface area (Å²) in [5.74, 6) is 1.25. The summed E-state index contributed by atoms with van der Waals surface area (Å²) >= 11 is 0. The van der Waals surface area contributed by atoms with E-state index in [4.69, 9.17) is 10.5 Å². The van der Waals surface area contributed by atoms with E-state index in [0.717, 1.165) is 18.9 Å². The first-order valence-electron chi connectivity index (χ1n) is 6.03. The molecular formula is C13H24N4O. The van der Waals surface area contributed by atoms with E-state index >= 15 is 0 Å². The number of nitrogen functional groups attached to an aromatic ring is 1. The molecule has 1 rings (SSSR count). The van der Waals surface area contributed by atoms with Crippen molar-refractivity contribution in [2.75, 3.05) is 45.3 Å². The Kier molecular flexibility index (Phi) is 4.78. The molecule has 0 radical (unpaired) electrons. The molecule has 0 amide bonds. The molecule has 1 aromatic heterocycles. The molecule has 3 N–H and O–H groups in total. The smallest absolute Gasteiger partial charge is 0.238 e. The van der Waals surface area contributed by atoms with Crippen LogP contribution in [0.2, 0.25) is 0 Å². The Labute approximate surface area is 109 Å². The number of nitrogens with two attached hydrogens (primary N) is 1. The van der Waals surface area contributed by atoms with Gasteiger partial charge in [0.25, 0.3) is 0 Å². The largest absolute Gasteiger partial charge is 0.479 e. The highest BCUT2D eigenvalue weighted by molar-refractivity contribution is 5.53. The fraction of sp³-hybridized carbons (Fsp3) is 0.615. The Hall–Kier alpha value is -1.49. The molecule has 0 unspecified atom stereocenters. The highest BCUT2D eigenvalue weighted by Gasteiger charge is 2.18. The van der Waals surface area contributed by atoms with Crippen molar-refractivity contribution in [2.45, 2.75) is 13.8 Å². The summed E-state index contributed by atoms with van der Waals surface area (Å²) in [5, 5.41) is 3.32. The highest BCUT2D eigenvalue weighted by atomic mass is 16.5. The third-order valence-corrected chi connectivity index (χ3v) is 2.58. The van der Waals surface area contributed by atoms with Crippen molar-refractivity contribution < 1.29 is 4.74 Å². The van der Waals surface area contributed by atoms with E-state index in [0.29, 0.717) is 11.6 Å². The van der Waals surface area contributed by atoms with E-state index in [9.17, 15) is 0 Å². The van der Waals surface area contributed by atoms with Gasteiger partial charge in [0.2, 0.25) is 5.88 Å². The van der Waals surface area contributed by atoms with Gasteiger partial charge in [0.05, 0.1) is 12.8 Å². The summed E-state index contributed by atoms with van der Waals surface area (Å²) in [4.78, 5) is 6.48. The molecule has 0 spiro atoms. The zero-order valence-electron chi connectivity index (χ0n) is 11.9. The van der Waals surface area contributed by atoms with E-state index < -0.39 is 0 Å². The van der Waals surface area contributed by atoms with Crippen LogP contribution >= 0.6 is 0 Å². The molecule has 0 aliphatic heterocycles. The van der Waals surface area contributed by atoms with Gasteiger partial charge in [-0.3, -0.25) is 0 Å². The van der Waals surface area contributed by atoms with Gasteiger partial charge < -0.3 is 20.7 Å². The van der Waals surface area contributed by atoms with Crippen molar-refractivity contribution in [3.8, 4) is 5.88 Å². The van der Waals surface area contributed by atoms with Gasteiger partial charge in [-0.15, -0.1) is 0 Å². The van der Waals surface area contributed by atoms with Gasteiger partial charge in [-0.1, -0.05) is 13.8 Å². The fourth-order valence-corrected chi connectivity index (χ4v) is 1.95. The van der Waals surface area contributed by atoms with Gasteiger partial charge in [-0.25, -0.2) is 0 Å². The van der Waals surface area contributed by atoms with Crippen LogP contribution in [0.1, 0.15) is 13.8 Å². The minimum absolute atomic E-state index is 0.166. The maximum absolute atomic E-state index is 5.73. The Morgan fingerprint density at radius 1 is 1.39 bits per heavy atom. The molecular weight excluding hydrogens is 228 g/mol. The third-order valence-electron chi connectivity index (χ3n) is 2.58. The first kappa shape index (κ1) is 14.6. The molecule has 0 aliphatic rings. The Morgan fingerprint density at radius 3 is 2.61 bits per heavy atom. The molecule has 18 heavy (non-hydrogen) atoms. The number of anilines is 2. The number of rotatable bonds is 6. The maximum atomic E-state index is 5.73. The van der Waals surface area contributed by atoms with Crippen LogP contribution in [0, 0.1) is 5.41 Å². The number of hydrogen-bond acceptors (Lipinski definition) is 5. The lowest BCUT2D eigenvalue weighted by Crippen LogP contribution is -2.34. The van der Waals surface area contributed by atoms with Gasteiger partial charge in [0.15, 0.2) is 0 Å². The van der Waals surface area contributed by atoms with Gasteiger partial charge in [0, 0.05) is 13.1 Å². The Morgan fingerprint density at radius 2 is 2.06 bits per heavy atom. The second-order valence-electron chi connectivity index (χ2n) is 5.55. The fourth-order valence-electron chi connectivity index (χ4n) is 1.95. The van der Waals surface area contributed by atoms with Crippen LogP contribution < -0.4 is 15.8 Å². The van der Waals surface area contributed by atoms with Crippen LogP contribution in [0.25, 0.3) is 0 Å². The lowest BCUT2D eigenvalue weighted by Gasteiger charge is -2.28. The summed E-state index contributed by atoms with van der Waals surface area (Å²) in [6.07, 6.45) is 0. The van der Waals surface area contributed by atoms with Gasteiger partial charge in [-0.05, 0) is 31.6 Å². The molecule has 0 saturated carbocycles. The number of nitrogens with one attached hydrogen (secondary N) is 1. The molecule has 0 aromatic carbocycles. The number of aromatic nitrogens is 1. The van der Waals surface area contributed by atoms with Crippen LogP contribution in [0.5, 0.6) is 5.88 Å². The molecule has 5 heteroatoms. The highest BCUT2D eigenvalue weighted by Crippen LogP contribution is 2.22. The topological polar surface area (TPSA) is 63.4 Å². The van der Waals surface area contributed by atoms with Crippen LogP contribution in [-0.4, -0.2) is 44.2 Å². The average molecular weight is 252 g/mol. The van der Waals surface area contributed by atoms with Crippen LogP contribution in [0.15, 0.2) is 12.1 Å². The molecule has 102 valence electrons. The standard InChI is InChI=1S/C13H24N4O/c1-13(2,9-17(3)4)8-15-11-7-6-10(14)12(16-11)18-5/h6-7H,8-9,14H2,1-5H3,(H,15,16). The summed E-state index contributed by atoms with van der Waals surface area (Å²) in [6, 6.07) is 3.66. The predicted octanol–water partition coefficient (Wildman–Crippen LogP) is 1.67. The van der Waals surface area contributed by atoms with Crippen LogP contribution in [-0.2, 0) is 0 Å². The number of hydrogen-bond donors (Lipinski definition) is 2.